The van der Waals surface area contributed by atoms with Crippen LogP contribution in [0.3, 0.4) is 0 Å². The van der Waals surface area contributed by atoms with Crippen LogP contribution in [0.4, 0.5) is 4.79 Å². The first-order chi connectivity index (χ1) is 5.74. The lowest BCUT2D eigenvalue weighted by Crippen LogP contribution is -2.02. The van der Waals surface area contributed by atoms with Crippen molar-refractivity contribution in [2.75, 3.05) is 6.61 Å². The molecule has 0 rings (SSSR count). The van der Waals surface area contributed by atoms with Crippen molar-refractivity contribution >= 4 is 11.8 Å². The summed E-state index contributed by atoms with van der Waals surface area (Å²) in [5, 5.41) is 0. The maximum atomic E-state index is 10.8. The van der Waals surface area contributed by atoms with Gasteiger partial charge in [-0.3, -0.25) is 0 Å². The smallest absolute Gasteiger partial charge is 0.433 e. The fourth-order valence-corrected chi connectivity index (χ4v) is 0.700. The molecule has 0 aromatic heterocycles. The maximum Gasteiger partial charge on any atom is 0.433 e. The molecule has 0 aromatic rings. The summed E-state index contributed by atoms with van der Waals surface area (Å²) in [6.45, 7) is 5.96. The van der Waals surface area contributed by atoms with Crippen LogP contribution in [0, 0.1) is 0 Å². The van der Waals surface area contributed by atoms with Crippen LogP contribution in [0.25, 0.3) is 0 Å². The number of rotatable bonds is 3. The highest BCUT2D eigenvalue weighted by Crippen LogP contribution is 1.92. The molecule has 0 aliphatic heterocycles. The molecule has 0 atom stereocenters. The van der Waals surface area contributed by atoms with Crippen molar-refractivity contribution in [2.24, 2.45) is 4.99 Å². The van der Waals surface area contributed by atoms with Crippen molar-refractivity contribution in [1.29, 1.82) is 0 Å². The topological polar surface area (TPSA) is 38.7 Å². The molecule has 0 unspecified atom stereocenters. The molecule has 12 heavy (non-hydrogen) atoms. The van der Waals surface area contributed by atoms with Crippen LogP contribution < -0.4 is 0 Å². The first-order valence-electron chi connectivity index (χ1n) is 4.11. The maximum absolute atomic E-state index is 10.8. The third-order valence-corrected chi connectivity index (χ3v) is 1.22. The van der Waals surface area contributed by atoms with E-state index in [9.17, 15) is 4.79 Å². The minimum Gasteiger partial charge on any atom is -0.448 e. The Kier molecular flexibility index (Phi) is 5.97. The van der Waals surface area contributed by atoms with E-state index in [0.29, 0.717) is 6.61 Å². The SMILES string of the molecule is C/C=C\C(CC)=NC(=O)OCC. The molecule has 68 valence electrons. The second-order valence-corrected chi connectivity index (χ2v) is 2.16. The fourth-order valence-electron chi connectivity index (χ4n) is 0.700. The Labute approximate surface area is 73.1 Å². The van der Waals surface area contributed by atoms with E-state index in [1.54, 1.807) is 13.0 Å². The highest BCUT2D eigenvalue weighted by atomic mass is 16.5. The number of hydrogen-bond acceptors (Lipinski definition) is 2. The van der Waals surface area contributed by atoms with E-state index in [1.807, 2.05) is 19.9 Å². The lowest BCUT2D eigenvalue weighted by atomic mass is 10.3. The molecule has 0 N–H and O–H groups in total. The molecule has 0 saturated heterocycles. The van der Waals surface area contributed by atoms with Gasteiger partial charge in [0.25, 0.3) is 0 Å². The minimum atomic E-state index is -0.507. The number of hydrogen-bond donors (Lipinski definition) is 0. The second kappa shape index (κ2) is 6.58. The average molecular weight is 169 g/mol. The van der Waals surface area contributed by atoms with Crippen molar-refractivity contribution in [2.45, 2.75) is 27.2 Å². The van der Waals surface area contributed by atoms with Crippen LogP contribution in [0.2, 0.25) is 0 Å². The Hall–Kier alpha value is -1.12. The third kappa shape index (κ3) is 4.66. The third-order valence-electron chi connectivity index (χ3n) is 1.22. The number of nitrogens with zero attached hydrogens (tertiary/aromatic N) is 1. The van der Waals surface area contributed by atoms with Crippen LogP contribution in [0.5, 0.6) is 0 Å². The van der Waals surface area contributed by atoms with E-state index in [0.717, 1.165) is 12.1 Å². The Morgan fingerprint density at radius 2 is 2.17 bits per heavy atom. The highest BCUT2D eigenvalue weighted by Gasteiger charge is 1.98. The molecule has 0 heterocycles. The van der Waals surface area contributed by atoms with E-state index in [2.05, 4.69) is 9.73 Å². The number of amides is 1. The highest BCUT2D eigenvalue weighted by molar-refractivity contribution is 6.00. The first-order valence-corrected chi connectivity index (χ1v) is 4.11. The molecule has 0 spiro atoms. The Balaban J connectivity index is 4.17. The van der Waals surface area contributed by atoms with Gasteiger partial charge in [0.2, 0.25) is 0 Å². The van der Waals surface area contributed by atoms with Gasteiger partial charge in [0.1, 0.15) is 0 Å². The molecule has 3 nitrogen and oxygen atoms in total. The van der Waals surface area contributed by atoms with Crippen LogP contribution in [0.15, 0.2) is 17.1 Å². The molecule has 0 aliphatic carbocycles. The van der Waals surface area contributed by atoms with E-state index < -0.39 is 6.09 Å². The van der Waals surface area contributed by atoms with Crippen LogP contribution in [-0.2, 0) is 4.74 Å². The largest absolute Gasteiger partial charge is 0.448 e. The van der Waals surface area contributed by atoms with Gasteiger partial charge in [-0.1, -0.05) is 13.0 Å². The molecule has 0 aromatic carbocycles. The van der Waals surface area contributed by atoms with Gasteiger partial charge >= 0.3 is 6.09 Å². The summed E-state index contributed by atoms with van der Waals surface area (Å²) in [7, 11) is 0. The van der Waals surface area contributed by atoms with Crippen molar-refractivity contribution in [3.8, 4) is 0 Å². The van der Waals surface area contributed by atoms with Gasteiger partial charge in [0, 0.05) is 5.71 Å². The molecule has 0 saturated carbocycles. The Morgan fingerprint density at radius 1 is 1.50 bits per heavy atom. The number of aliphatic imine (C=N–C) groups is 1. The van der Waals surface area contributed by atoms with Gasteiger partial charge in [-0.15, -0.1) is 0 Å². The van der Waals surface area contributed by atoms with Gasteiger partial charge in [-0.2, -0.15) is 4.99 Å². The molecule has 0 radical (unpaired) electrons. The molecule has 3 heteroatoms. The lowest BCUT2D eigenvalue weighted by Gasteiger charge is -1.97. The molecular weight excluding hydrogens is 154 g/mol. The fraction of sp³-hybridized carbons (Fsp3) is 0.556. The molecular formula is C9H15NO2. The van der Waals surface area contributed by atoms with Crippen LogP contribution in [0.1, 0.15) is 27.2 Å². The summed E-state index contributed by atoms with van der Waals surface area (Å²) >= 11 is 0. The van der Waals surface area contributed by atoms with Crippen molar-refractivity contribution in [3.05, 3.63) is 12.2 Å². The Bertz CT molecular complexity index is 195. The second-order valence-electron chi connectivity index (χ2n) is 2.16. The van der Waals surface area contributed by atoms with E-state index in [1.165, 1.54) is 0 Å². The zero-order valence-electron chi connectivity index (χ0n) is 7.83. The van der Waals surface area contributed by atoms with Gasteiger partial charge in [-0.25, -0.2) is 4.79 Å². The summed E-state index contributed by atoms with van der Waals surface area (Å²) in [5.41, 5.74) is 0.746. The van der Waals surface area contributed by atoms with Crippen LogP contribution >= 0.6 is 0 Å². The van der Waals surface area contributed by atoms with Crippen molar-refractivity contribution < 1.29 is 9.53 Å². The summed E-state index contributed by atoms with van der Waals surface area (Å²) in [6.07, 6.45) is 3.88. The summed E-state index contributed by atoms with van der Waals surface area (Å²) < 4.78 is 4.66. The van der Waals surface area contributed by atoms with Gasteiger partial charge in [0.05, 0.1) is 6.61 Å². The number of carbonyl (C=O) groups excluding carboxylic acids is 1. The van der Waals surface area contributed by atoms with Crippen molar-refractivity contribution in [1.82, 2.24) is 0 Å². The number of allylic oxidation sites excluding steroid dienone is 2. The standard InChI is InChI=1S/C9H15NO2/c1-4-7-8(5-2)10-9(11)12-6-3/h4,7H,5-6H2,1-3H3/b7-4-,10-8?. The van der Waals surface area contributed by atoms with Crippen molar-refractivity contribution in [3.63, 3.8) is 0 Å². The van der Waals surface area contributed by atoms with E-state index in [-0.39, 0.29) is 0 Å². The first kappa shape index (κ1) is 10.9. The quantitative estimate of drug-likeness (QED) is 0.609. The van der Waals surface area contributed by atoms with E-state index in [4.69, 9.17) is 0 Å². The van der Waals surface area contributed by atoms with Gasteiger partial charge in [0.15, 0.2) is 0 Å². The zero-order chi connectivity index (χ0) is 9.40. The molecule has 0 aliphatic rings. The van der Waals surface area contributed by atoms with E-state index >= 15 is 0 Å². The molecule has 1 amide bonds. The van der Waals surface area contributed by atoms with Gasteiger partial charge < -0.3 is 4.74 Å². The summed E-state index contributed by atoms with van der Waals surface area (Å²) in [5.74, 6) is 0. The lowest BCUT2D eigenvalue weighted by molar-refractivity contribution is 0.163. The van der Waals surface area contributed by atoms with Crippen LogP contribution in [-0.4, -0.2) is 18.4 Å². The summed E-state index contributed by atoms with van der Waals surface area (Å²) in [6, 6.07) is 0. The monoisotopic (exact) mass is 169 g/mol. The molecule has 0 bridgehead atoms. The predicted molar refractivity (Wildman–Crippen MR) is 49.6 cm³/mol. The molecule has 0 fully saturated rings. The summed E-state index contributed by atoms with van der Waals surface area (Å²) in [4.78, 5) is 14.6. The van der Waals surface area contributed by atoms with Gasteiger partial charge in [-0.05, 0) is 26.3 Å². The number of carbonyl (C=O) groups is 1. The normalized spacial score (nSPS) is 12.1. The minimum absolute atomic E-state index is 0.370. The zero-order valence-corrected chi connectivity index (χ0v) is 7.83. The predicted octanol–water partition coefficient (Wildman–Crippen LogP) is 2.57. The Morgan fingerprint density at radius 3 is 2.58 bits per heavy atom. The average Bonchev–Trinajstić information content (AvgIpc) is 2.04. The number of ether oxygens (including phenoxy) is 1.